The average Bonchev–Trinajstić information content (AvgIpc) is 3.29. The number of hydrogen-bond acceptors (Lipinski definition) is 4. The van der Waals surface area contributed by atoms with Gasteiger partial charge in [0.2, 0.25) is 15.9 Å². The van der Waals surface area contributed by atoms with Crippen molar-refractivity contribution in [2.24, 2.45) is 5.92 Å². The highest BCUT2D eigenvalue weighted by molar-refractivity contribution is 7.92. The first-order valence-corrected chi connectivity index (χ1v) is 12.0. The van der Waals surface area contributed by atoms with Gasteiger partial charge in [0.1, 0.15) is 11.5 Å². The summed E-state index contributed by atoms with van der Waals surface area (Å²) in [7, 11) is -3.54. The van der Waals surface area contributed by atoms with E-state index in [4.69, 9.17) is 4.74 Å². The van der Waals surface area contributed by atoms with Gasteiger partial charge in [0.25, 0.3) is 0 Å². The zero-order valence-corrected chi connectivity index (χ0v) is 18.5. The lowest BCUT2D eigenvalue weighted by molar-refractivity contribution is -0.137. The molecule has 2 heterocycles. The molecule has 0 bridgehead atoms. The van der Waals surface area contributed by atoms with Crippen LogP contribution in [0.15, 0.2) is 54.5 Å². The number of sulfonamides is 1. The number of carbonyl (C=O) groups excluding carboxylic acids is 1. The first-order chi connectivity index (χ1) is 15.6. The summed E-state index contributed by atoms with van der Waals surface area (Å²) in [5, 5.41) is 0.898. The van der Waals surface area contributed by atoms with Crippen molar-refractivity contribution in [2.45, 2.75) is 25.6 Å². The van der Waals surface area contributed by atoms with Crippen LogP contribution in [0.25, 0.3) is 0 Å². The summed E-state index contributed by atoms with van der Waals surface area (Å²) in [5.41, 5.74) is 1.06. The van der Waals surface area contributed by atoms with Crippen molar-refractivity contribution < 1.29 is 31.1 Å². The Morgan fingerprint density at radius 1 is 1.12 bits per heavy atom. The number of fused-ring (bicyclic) bond motifs is 1. The number of ether oxygens (including phenoxy) is 1. The number of benzene rings is 2. The number of hydrogen-bond donors (Lipinski definition) is 0. The Balaban J connectivity index is 1.45. The smallest absolute Gasteiger partial charge is 0.416 e. The van der Waals surface area contributed by atoms with E-state index in [1.54, 1.807) is 17.0 Å². The molecule has 0 aliphatic carbocycles. The maximum absolute atomic E-state index is 13.0. The zero-order valence-electron chi connectivity index (χ0n) is 17.7. The van der Waals surface area contributed by atoms with Crippen LogP contribution in [0.3, 0.4) is 0 Å². The molecular weight excluding hydrogens is 457 g/mol. The molecule has 2 aliphatic rings. The van der Waals surface area contributed by atoms with Gasteiger partial charge in [-0.3, -0.25) is 4.79 Å². The highest BCUT2D eigenvalue weighted by atomic mass is 32.2. The molecular formula is C23H23F3N2O4S. The lowest BCUT2D eigenvalue weighted by atomic mass is 9.97. The zero-order chi connectivity index (χ0) is 23.8. The van der Waals surface area contributed by atoms with Crippen LogP contribution in [0, 0.1) is 5.92 Å². The Morgan fingerprint density at radius 2 is 1.85 bits per heavy atom. The van der Waals surface area contributed by atoms with E-state index >= 15 is 0 Å². The largest absolute Gasteiger partial charge is 0.457 e. The number of rotatable bonds is 5. The van der Waals surface area contributed by atoms with Crippen LogP contribution in [-0.4, -0.2) is 43.2 Å². The van der Waals surface area contributed by atoms with Gasteiger partial charge in [-0.05, 0) is 48.7 Å². The molecule has 176 valence electrons. The van der Waals surface area contributed by atoms with Crippen molar-refractivity contribution in [3.63, 3.8) is 0 Å². The molecule has 10 heteroatoms. The third-order valence-electron chi connectivity index (χ3n) is 6.01. The second-order valence-corrected chi connectivity index (χ2v) is 9.96. The van der Waals surface area contributed by atoms with Gasteiger partial charge in [0.15, 0.2) is 0 Å². The molecule has 1 atom stereocenters. The second-order valence-electron chi connectivity index (χ2n) is 8.08. The minimum Gasteiger partial charge on any atom is -0.457 e. The molecule has 0 saturated carbocycles. The maximum Gasteiger partial charge on any atom is 0.416 e. The molecule has 1 saturated heterocycles. The van der Waals surface area contributed by atoms with E-state index in [9.17, 15) is 26.4 Å². The van der Waals surface area contributed by atoms with E-state index in [1.165, 1.54) is 16.4 Å². The number of carbonyl (C=O) groups is 1. The molecule has 2 aromatic rings. The Morgan fingerprint density at radius 3 is 2.52 bits per heavy atom. The average molecular weight is 481 g/mol. The van der Waals surface area contributed by atoms with Crippen LogP contribution in [0.2, 0.25) is 0 Å². The van der Waals surface area contributed by atoms with Crippen LogP contribution >= 0.6 is 0 Å². The first kappa shape index (κ1) is 23.3. The lowest BCUT2D eigenvalue weighted by Crippen LogP contribution is -2.41. The highest BCUT2D eigenvalue weighted by Gasteiger charge is 2.37. The maximum atomic E-state index is 13.0. The predicted octanol–water partition coefficient (Wildman–Crippen LogP) is 4.18. The van der Waals surface area contributed by atoms with Crippen molar-refractivity contribution in [2.75, 3.05) is 19.6 Å². The van der Waals surface area contributed by atoms with Crippen LogP contribution in [0.1, 0.15) is 23.1 Å². The van der Waals surface area contributed by atoms with Crippen molar-refractivity contribution in [1.29, 1.82) is 0 Å². The van der Waals surface area contributed by atoms with E-state index in [2.05, 4.69) is 6.58 Å². The summed E-state index contributed by atoms with van der Waals surface area (Å²) in [6.45, 7) is 4.58. The Labute approximate surface area is 190 Å². The lowest BCUT2D eigenvalue weighted by Gasteiger charge is -2.31. The SMILES string of the molecule is C=CS(=O)(=O)N1CC[C@H](C(=O)N2CCc3c(cccc3Oc3ccc(C(F)(F)F)cc3)C2)C1. The fourth-order valence-electron chi connectivity index (χ4n) is 4.22. The molecule has 1 fully saturated rings. The third-order valence-corrected chi connectivity index (χ3v) is 7.49. The van der Waals surface area contributed by atoms with E-state index in [1.807, 2.05) is 6.07 Å². The van der Waals surface area contributed by atoms with E-state index in [0.717, 1.165) is 28.7 Å². The normalized spacial score (nSPS) is 19.2. The molecule has 0 N–H and O–H groups in total. The van der Waals surface area contributed by atoms with Crippen molar-refractivity contribution in [1.82, 2.24) is 9.21 Å². The first-order valence-electron chi connectivity index (χ1n) is 10.5. The molecule has 0 radical (unpaired) electrons. The van der Waals surface area contributed by atoms with Crippen molar-refractivity contribution in [3.05, 3.63) is 71.1 Å². The van der Waals surface area contributed by atoms with Gasteiger partial charge in [0.05, 0.1) is 11.5 Å². The highest BCUT2D eigenvalue weighted by Crippen LogP contribution is 2.35. The Kier molecular flexibility index (Phi) is 6.24. The molecule has 2 aromatic carbocycles. The van der Waals surface area contributed by atoms with Crippen molar-refractivity contribution >= 4 is 15.9 Å². The Hall–Kier alpha value is -2.85. The van der Waals surface area contributed by atoms with Gasteiger partial charge >= 0.3 is 6.18 Å². The van der Waals surface area contributed by atoms with Gasteiger partial charge < -0.3 is 9.64 Å². The van der Waals surface area contributed by atoms with E-state index < -0.39 is 27.7 Å². The fourth-order valence-corrected chi connectivity index (χ4v) is 5.18. The summed E-state index contributed by atoms with van der Waals surface area (Å²) in [4.78, 5) is 14.7. The predicted molar refractivity (Wildman–Crippen MR) is 116 cm³/mol. The van der Waals surface area contributed by atoms with Gasteiger partial charge in [-0.25, -0.2) is 8.42 Å². The van der Waals surface area contributed by atoms with E-state index in [-0.39, 0.29) is 12.5 Å². The molecule has 0 spiro atoms. The van der Waals surface area contributed by atoms with Gasteiger partial charge in [-0.1, -0.05) is 18.7 Å². The molecule has 2 aliphatic heterocycles. The number of amides is 1. The minimum absolute atomic E-state index is 0.0866. The molecule has 6 nitrogen and oxygen atoms in total. The van der Waals surface area contributed by atoms with Crippen LogP contribution < -0.4 is 4.74 Å². The second kappa shape index (κ2) is 8.83. The van der Waals surface area contributed by atoms with Crippen LogP contribution in [-0.2, 0) is 34.0 Å². The van der Waals surface area contributed by atoms with Gasteiger partial charge in [-0.15, -0.1) is 0 Å². The van der Waals surface area contributed by atoms with Crippen LogP contribution in [0.4, 0.5) is 13.2 Å². The molecule has 1 amide bonds. The molecule has 0 unspecified atom stereocenters. The summed E-state index contributed by atoms with van der Waals surface area (Å²) >= 11 is 0. The molecule has 33 heavy (non-hydrogen) atoms. The standard InChI is InChI=1S/C23H23F3N2O4S/c1-2-33(30,31)28-13-10-17(15-28)22(29)27-12-11-20-16(14-27)4-3-5-21(20)32-19-8-6-18(7-9-19)23(24,25)26/h2-9,17H,1,10-15H2/t17-/m0/s1. The molecule has 0 aromatic heterocycles. The van der Waals surface area contributed by atoms with Gasteiger partial charge in [0, 0.05) is 37.2 Å². The summed E-state index contributed by atoms with van der Waals surface area (Å²) in [6.07, 6.45) is -3.42. The minimum atomic E-state index is -4.41. The molecule has 4 rings (SSSR count). The van der Waals surface area contributed by atoms with Gasteiger partial charge in [-0.2, -0.15) is 17.5 Å². The number of alkyl halides is 3. The summed E-state index contributed by atoms with van der Waals surface area (Å²) in [6, 6.07) is 9.93. The summed E-state index contributed by atoms with van der Waals surface area (Å²) in [5.74, 6) is 0.359. The number of nitrogens with zero attached hydrogens (tertiary/aromatic N) is 2. The monoisotopic (exact) mass is 480 g/mol. The van der Waals surface area contributed by atoms with E-state index in [0.29, 0.717) is 44.0 Å². The summed E-state index contributed by atoms with van der Waals surface area (Å²) < 4.78 is 69.4. The Bertz CT molecular complexity index is 1160. The quantitative estimate of drug-likeness (QED) is 0.644. The number of halogens is 3. The van der Waals surface area contributed by atoms with Crippen molar-refractivity contribution in [3.8, 4) is 11.5 Å². The van der Waals surface area contributed by atoms with Crippen LogP contribution in [0.5, 0.6) is 11.5 Å². The third kappa shape index (κ3) is 4.91. The fraction of sp³-hybridized carbons (Fsp3) is 0.348. The topological polar surface area (TPSA) is 66.9 Å².